The first-order chi connectivity index (χ1) is 7.34. The fourth-order valence-electron chi connectivity index (χ4n) is 1.45. The predicted octanol–water partition coefficient (Wildman–Crippen LogP) is 3.11. The fraction of sp³-hybridized carbons (Fsp3) is 0. The number of hydrogen-bond donors (Lipinski definition) is 0. The molecule has 3 heterocycles. The number of thiophene rings is 1. The Kier molecular flexibility index (Phi) is 1.97. The van der Waals surface area contributed by atoms with Crippen molar-refractivity contribution in [2.24, 2.45) is 0 Å². The molecule has 3 rings (SSSR count). The fourth-order valence-corrected chi connectivity index (χ4v) is 2.32. The summed E-state index contributed by atoms with van der Waals surface area (Å²) in [4.78, 5) is 5.42. The molecule has 0 saturated carbocycles. The van der Waals surface area contributed by atoms with Crippen LogP contribution in [0.4, 0.5) is 0 Å². The molecular weight excluding hydrogens is 230 g/mol. The van der Waals surface area contributed by atoms with Crippen molar-refractivity contribution in [1.82, 2.24) is 14.6 Å². The van der Waals surface area contributed by atoms with E-state index in [0.717, 1.165) is 16.1 Å². The largest absolute Gasteiger partial charge is 0.222 e. The first-order valence-electron chi connectivity index (χ1n) is 4.38. The van der Waals surface area contributed by atoms with Crippen LogP contribution in [0.2, 0.25) is 5.15 Å². The second-order valence-corrected chi connectivity index (χ2v) is 4.39. The third kappa shape index (κ3) is 1.42. The number of fused-ring (bicyclic) bond motifs is 1. The Morgan fingerprint density at radius 1 is 1.33 bits per heavy atom. The molecule has 0 aliphatic rings. The van der Waals surface area contributed by atoms with Gasteiger partial charge in [0.1, 0.15) is 5.15 Å². The molecule has 0 aliphatic carbocycles. The van der Waals surface area contributed by atoms with Crippen LogP contribution in [0, 0.1) is 0 Å². The van der Waals surface area contributed by atoms with Gasteiger partial charge >= 0.3 is 0 Å². The molecule has 0 unspecified atom stereocenters. The summed E-state index contributed by atoms with van der Waals surface area (Å²) in [6.07, 6.45) is 3.62. The van der Waals surface area contributed by atoms with E-state index in [-0.39, 0.29) is 0 Å². The highest BCUT2D eigenvalue weighted by molar-refractivity contribution is 7.13. The molecule has 0 saturated heterocycles. The van der Waals surface area contributed by atoms with Gasteiger partial charge in [-0.25, -0.2) is 9.50 Å². The average Bonchev–Trinajstić information content (AvgIpc) is 2.83. The third-order valence-electron chi connectivity index (χ3n) is 2.12. The molecule has 0 amide bonds. The van der Waals surface area contributed by atoms with Crippen molar-refractivity contribution in [2.45, 2.75) is 0 Å². The molecule has 0 radical (unpaired) electrons. The highest BCUT2D eigenvalue weighted by Gasteiger charge is 2.08. The Hall–Kier alpha value is -1.39. The molecule has 74 valence electrons. The quantitative estimate of drug-likeness (QED) is 0.607. The monoisotopic (exact) mass is 235 g/mol. The van der Waals surface area contributed by atoms with Gasteiger partial charge in [-0.05, 0) is 17.5 Å². The van der Waals surface area contributed by atoms with Crippen molar-refractivity contribution in [3.63, 3.8) is 0 Å². The second-order valence-electron chi connectivity index (χ2n) is 3.05. The van der Waals surface area contributed by atoms with Gasteiger partial charge in [-0.2, -0.15) is 5.10 Å². The maximum absolute atomic E-state index is 5.86. The summed E-state index contributed by atoms with van der Waals surface area (Å²) in [6, 6.07) is 5.78. The third-order valence-corrected chi connectivity index (χ3v) is 3.24. The lowest BCUT2D eigenvalue weighted by Gasteiger charge is -1.95. The molecule has 0 N–H and O–H groups in total. The Bertz CT molecular complexity index is 600. The molecule has 3 aromatic rings. The Balaban J connectivity index is 2.32. The standard InChI is InChI=1S/C10H6ClN3S/c11-9-3-4-14-10(13-9)7(6-12-14)8-2-1-5-15-8/h1-6H. The van der Waals surface area contributed by atoms with E-state index in [9.17, 15) is 0 Å². The summed E-state index contributed by atoms with van der Waals surface area (Å²) in [5, 5.41) is 6.74. The van der Waals surface area contributed by atoms with Crippen LogP contribution in [0.1, 0.15) is 0 Å². The van der Waals surface area contributed by atoms with E-state index in [0.29, 0.717) is 5.15 Å². The molecule has 3 nitrogen and oxygen atoms in total. The summed E-state index contributed by atoms with van der Waals surface area (Å²) in [5.41, 5.74) is 1.82. The van der Waals surface area contributed by atoms with E-state index in [2.05, 4.69) is 10.1 Å². The predicted molar refractivity (Wildman–Crippen MR) is 61.3 cm³/mol. The molecule has 0 aromatic carbocycles. The summed E-state index contributed by atoms with van der Waals surface area (Å²) in [7, 11) is 0. The average molecular weight is 236 g/mol. The van der Waals surface area contributed by atoms with Crippen molar-refractivity contribution in [1.29, 1.82) is 0 Å². The van der Waals surface area contributed by atoms with Crippen LogP contribution >= 0.6 is 22.9 Å². The minimum absolute atomic E-state index is 0.487. The molecule has 15 heavy (non-hydrogen) atoms. The summed E-state index contributed by atoms with van der Waals surface area (Å²) in [5.74, 6) is 0. The number of rotatable bonds is 1. The highest BCUT2D eigenvalue weighted by Crippen LogP contribution is 2.27. The van der Waals surface area contributed by atoms with Crippen molar-refractivity contribution in [3.05, 3.63) is 41.1 Å². The van der Waals surface area contributed by atoms with E-state index in [1.165, 1.54) is 0 Å². The van der Waals surface area contributed by atoms with Gasteiger partial charge in [0.2, 0.25) is 0 Å². The van der Waals surface area contributed by atoms with Gasteiger partial charge in [0, 0.05) is 11.1 Å². The van der Waals surface area contributed by atoms with Crippen LogP contribution < -0.4 is 0 Å². The lowest BCUT2D eigenvalue weighted by molar-refractivity contribution is 0.939. The minimum atomic E-state index is 0.487. The van der Waals surface area contributed by atoms with E-state index >= 15 is 0 Å². The molecule has 0 spiro atoms. The van der Waals surface area contributed by atoms with Gasteiger partial charge < -0.3 is 0 Å². The molecule has 0 atom stereocenters. The van der Waals surface area contributed by atoms with Crippen LogP contribution in [0.25, 0.3) is 16.1 Å². The van der Waals surface area contributed by atoms with Crippen LogP contribution in [0.3, 0.4) is 0 Å². The van der Waals surface area contributed by atoms with Crippen LogP contribution in [0.15, 0.2) is 36.0 Å². The molecular formula is C10H6ClN3S. The molecule has 0 fully saturated rings. The van der Waals surface area contributed by atoms with Crippen molar-refractivity contribution < 1.29 is 0 Å². The van der Waals surface area contributed by atoms with Gasteiger partial charge in [0.05, 0.1) is 11.8 Å². The first kappa shape index (κ1) is 8.88. The Labute approximate surface area is 95.0 Å². The number of hydrogen-bond acceptors (Lipinski definition) is 3. The number of nitrogens with zero attached hydrogens (tertiary/aromatic N) is 3. The summed E-state index contributed by atoms with van der Waals surface area (Å²) < 4.78 is 1.72. The second kappa shape index (κ2) is 3.32. The smallest absolute Gasteiger partial charge is 0.165 e. The van der Waals surface area contributed by atoms with Gasteiger partial charge in [-0.15, -0.1) is 11.3 Å². The van der Waals surface area contributed by atoms with E-state index < -0.39 is 0 Å². The van der Waals surface area contributed by atoms with Gasteiger partial charge in [-0.3, -0.25) is 0 Å². The first-order valence-corrected chi connectivity index (χ1v) is 5.64. The Morgan fingerprint density at radius 3 is 3.07 bits per heavy atom. The maximum atomic E-state index is 5.86. The Morgan fingerprint density at radius 2 is 2.27 bits per heavy atom. The SMILES string of the molecule is Clc1ccn2ncc(-c3cccs3)c2n1. The zero-order valence-electron chi connectivity index (χ0n) is 7.59. The molecule has 0 bridgehead atoms. The van der Waals surface area contributed by atoms with E-state index in [4.69, 9.17) is 11.6 Å². The number of aromatic nitrogens is 3. The van der Waals surface area contributed by atoms with Gasteiger partial charge in [0.25, 0.3) is 0 Å². The van der Waals surface area contributed by atoms with Crippen LogP contribution in [-0.2, 0) is 0 Å². The lowest BCUT2D eigenvalue weighted by Crippen LogP contribution is -1.88. The van der Waals surface area contributed by atoms with Gasteiger partial charge in [-0.1, -0.05) is 17.7 Å². The van der Waals surface area contributed by atoms with Crippen LogP contribution in [-0.4, -0.2) is 14.6 Å². The molecule has 0 aliphatic heterocycles. The lowest BCUT2D eigenvalue weighted by atomic mass is 10.3. The van der Waals surface area contributed by atoms with Gasteiger partial charge in [0.15, 0.2) is 5.65 Å². The van der Waals surface area contributed by atoms with Crippen molar-refractivity contribution in [2.75, 3.05) is 0 Å². The molecule has 3 aromatic heterocycles. The maximum Gasteiger partial charge on any atom is 0.165 e. The zero-order valence-corrected chi connectivity index (χ0v) is 9.16. The topological polar surface area (TPSA) is 30.2 Å². The van der Waals surface area contributed by atoms with Crippen molar-refractivity contribution in [3.8, 4) is 10.4 Å². The molecule has 5 heteroatoms. The summed E-state index contributed by atoms with van der Waals surface area (Å²) >= 11 is 7.53. The zero-order chi connectivity index (χ0) is 10.3. The van der Waals surface area contributed by atoms with Crippen molar-refractivity contribution >= 4 is 28.6 Å². The normalized spacial score (nSPS) is 11.0. The minimum Gasteiger partial charge on any atom is -0.222 e. The summed E-state index contributed by atoms with van der Waals surface area (Å²) in [6.45, 7) is 0. The number of halogens is 1. The highest BCUT2D eigenvalue weighted by atomic mass is 35.5. The van der Waals surface area contributed by atoms with E-state index in [1.807, 2.05) is 29.9 Å². The van der Waals surface area contributed by atoms with E-state index in [1.54, 1.807) is 21.9 Å². The van der Waals surface area contributed by atoms with Crippen LogP contribution in [0.5, 0.6) is 0 Å².